The van der Waals surface area contributed by atoms with Crippen molar-refractivity contribution < 1.29 is 28.7 Å². The number of benzene rings is 3. The van der Waals surface area contributed by atoms with Gasteiger partial charge in [-0.1, -0.05) is 12.1 Å². The Morgan fingerprint density at radius 2 is 1.66 bits per heavy atom. The highest BCUT2D eigenvalue weighted by molar-refractivity contribution is 7.07. The van der Waals surface area contributed by atoms with Crippen LogP contribution in [0.4, 0.5) is 11.4 Å². The average molecular weight is 654 g/mol. The molecule has 1 aliphatic heterocycles. The maximum Gasteiger partial charge on any atom is 0.269 e. The van der Waals surface area contributed by atoms with Crippen LogP contribution in [0.15, 0.2) is 77.6 Å². The van der Waals surface area contributed by atoms with Crippen molar-refractivity contribution in [3.8, 4) is 5.75 Å². The van der Waals surface area contributed by atoms with Crippen molar-refractivity contribution in [2.75, 3.05) is 17.2 Å². The molecule has 3 aromatic carbocycles. The molecule has 14 heteroatoms. The molecule has 2 aliphatic rings. The number of hydrogen-bond acceptors (Lipinski definition) is 9. The molecule has 4 aromatic rings. The fourth-order valence-corrected chi connectivity index (χ4v) is 5.50. The summed E-state index contributed by atoms with van der Waals surface area (Å²) in [6.07, 6.45) is 2.08. The predicted octanol–water partition coefficient (Wildman–Crippen LogP) is 2.86. The lowest BCUT2D eigenvalue weighted by molar-refractivity contribution is -0.123. The number of amides is 5. The van der Waals surface area contributed by atoms with E-state index in [1.54, 1.807) is 53.4 Å². The Kier molecular flexibility index (Phi) is 9.22. The third kappa shape index (κ3) is 7.80. The highest BCUT2D eigenvalue weighted by atomic mass is 32.1. The number of nitrogens with zero attached hydrogens (tertiary/aromatic N) is 2. The van der Waals surface area contributed by atoms with E-state index >= 15 is 0 Å². The molecule has 1 atom stereocenters. The Hall–Kier alpha value is -5.60. The van der Waals surface area contributed by atoms with Gasteiger partial charge in [-0.2, -0.15) is 0 Å². The van der Waals surface area contributed by atoms with E-state index in [2.05, 4.69) is 26.5 Å². The summed E-state index contributed by atoms with van der Waals surface area (Å²) in [6.45, 7) is 0.285. The third-order valence-electron chi connectivity index (χ3n) is 7.63. The second-order valence-electron chi connectivity index (χ2n) is 11.2. The zero-order chi connectivity index (χ0) is 32.9. The van der Waals surface area contributed by atoms with Crippen molar-refractivity contribution in [1.29, 1.82) is 0 Å². The fourth-order valence-electron chi connectivity index (χ4n) is 4.93. The van der Waals surface area contributed by atoms with Crippen molar-refractivity contribution in [1.82, 2.24) is 20.7 Å². The van der Waals surface area contributed by atoms with Crippen LogP contribution in [0.3, 0.4) is 0 Å². The number of ether oxygens (including phenoxy) is 1. The highest BCUT2D eigenvalue weighted by Gasteiger charge is 2.33. The van der Waals surface area contributed by atoms with Gasteiger partial charge in [-0.25, -0.2) is 4.98 Å². The van der Waals surface area contributed by atoms with E-state index in [1.165, 1.54) is 23.5 Å². The van der Waals surface area contributed by atoms with Gasteiger partial charge in [-0.15, -0.1) is 11.3 Å². The van der Waals surface area contributed by atoms with E-state index in [0.717, 1.165) is 18.4 Å². The average Bonchev–Trinajstić information content (AvgIpc) is 3.80. The maximum atomic E-state index is 13.4. The van der Waals surface area contributed by atoms with E-state index in [1.807, 2.05) is 17.0 Å². The summed E-state index contributed by atoms with van der Waals surface area (Å²) in [7, 11) is 0. The van der Waals surface area contributed by atoms with Gasteiger partial charge in [0.15, 0.2) is 6.61 Å². The Bertz CT molecular complexity index is 1810. The molecule has 1 aromatic heterocycles. The first-order chi connectivity index (χ1) is 22.7. The van der Waals surface area contributed by atoms with Crippen molar-refractivity contribution >= 4 is 52.2 Å². The Balaban J connectivity index is 1.01. The fraction of sp³-hybridized carbons (Fsp3) is 0.212. The number of nitrogens with two attached hydrogens (primary N) is 1. The molecular weight excluding hydrogens is 622 g/mol. The lowest BCUT2D eigenvalue weighted by Crippen LogP contribution is -2.50. The van der Waals surface area contributed by atoms with Gasteiger partial charge in [0.25, 0.3) is 29.5 Å². The summed E-state index contributed by atoms with van der Waals surface area (Å²) in [5.41, 5.74) is 15.9. The second kappa shape index (κ2) is 13.8. The first-order valence-electron chi connectivity index (χ1n) is 14.8. The molecule has 2 heterocycles. The number of thiazole rings is 1. The molecule has 1 aliphatic carbocycles. The van der Waals surface area contributed by atoms with Crippen LogP contribution in [0.2, 0.25) is 0 Å². The summed E-state index contributed by atoms with van der Waals surface area (Å²) >= 11 is 1.40. The van der Waals surface area contributed by atoms with Crippen LogP contribution < -0.4 is 32.0 Å². The lowest BCUT2D eigenvalue weighted by Gasteiger charge is -2.24. The number of fused-ring (bicyclic) bond motifs is 1. The molecule has 0 radical (unpaired) electrons. The predicted molar refractivity (Wildman–Crippen MR) is 174 cm³/mol. The standard InChI is InChI=1S/C33H31N7O6S/c34-26(14-24-17-47-18-35-24)32(44)39-38-31(43)21-5-8-23(9-6-21)36-30(42)20-3-1-19(2-4-20)15-40(25-10-11-25)33(45)22-7-12-27-28(13-22)46-16-29(41)37-27/h1-9,12-13,17-18,25-26H,10-11,14-16,34H2,(H,36,42)(H,37,41)(H,38,43)(H,39,44)/t26-/m0/s1. The molecular formula is C33H31N7O6S. The summed E-state index contributed by atoms with van der Waals surface area (Å²) in [4.78, 5) is 68.5. The molecule has 0 saturated heterocycles. The van der Waals surface area contributed by atoms with Crippen LogP contribution in [0.5, 0.6) is 5.75 Å². The van der Waals surface area contributed by atoms with Gasteiger partial charge in [0.05, 0.1) is 22.9 Å². The van der Waals surface area contributed by atoms with Crippen LogP contribution in [0.1, 0.15) is 55.2 Å². The molecule has 0 spiro atoms. The van der Waals surface area contributed by atoms with E-state index in [-0.39, 0.29) is 42.4 Å². The van der Waals surface area contributed by atoms with E-state index in [9.17, 15) is 24.0 Å². The van der Waals surface area contributed by atoms with Gasteiger partial charge in [-0.05, 0) is 73.0 Å². The summed E-state index contributed by atoms with van der Waals surface area (Å²) < 4.78 is 5.48. The smallest absolute Gasteiger partial charge is 0.269 e. The van der Waals surface area contributed by atoms with Gasteiger partial charge in [-0.3, -0.25) is 34.8 Å². The number of aromatic nitrogens is 1. The lowest BCUT2D eigenvalue weighted by atomic mass is 10.1. The number of anilines is 2. The molecule has 6 N–H and O–H groups in total. The first-order valence-corrected chi connectivity index (χ1v) is 15.8. The molecule has 1 fully saturated rings. The van der Waals surface area contributed by atoms with Gasteiger partial charge in [0.1, 0.15) is 5.75 Å². The van der Waals surface area contributed by atoms with Crippen LogP contribution in [0.25, 0.3) is 0 Å². The number of carbonyl (C=O) groups excluding carboxylic acids is 5. The molecule has 6 rings (SSSR count). The van der Waals surface area contributed by atoms with E-state index in [0.29, 0.717) is 40.5 Å². The highest BCUT2D eigenvalue weighted by Crippen LogP contribution is 2.33. The topological polar surface area (TPSA) is 185 Å². The molecule has 1 saturated carbocycles. The molecule has 240 valence electrons. The first kappa shape index (κ1) is 31.4. The summed E-state index contributed by atoms with van der Waals surface area (Å²) in [6, 6.07) is 17.5. The SMILES string of the molecule is N[C@@H](Cc1cscn1)C(=O)NNC(=O)c1ccc(NC(=O)c2ccc(CN(C(=O)c3ccc4c(c3)OCC(=O)N4)C3CC3)cc2)cc1. The van der Waals surface area contributed by atoms with Crippen LogP contribution in [-0.4, -0.2) is 58.1 Å². The molecule has 5 amide bonds. The van der Waals surface area contributed by atoms with Crippen LogP contribution >= 0.6 is 11.3 Å². The van der Waals surface area contributed by atoms with Gasteiger partial charge in [0.2, 0.25) is 0 Å². The van der Waals surface area contributed by atoms with Crippen molar-refractivity contribution in [2.24, 2.45) is 5.73 Å². The number of nitrogens with one attached hydrogen (secondary N) is 4. The third-order valence-corrected chi connectivity index (χ3v) is 8.27. The number of hydrazine groups is 1. The van der Waals surface area contributed by atoms with Crippen LogP contribution in [0, 0.1) is 0 Å². The van der Waals surface area contributed by atoms with Gasteiger partial charge >= 0.3 is 0 Å². The monoisotopic (exact) mass is 653 g/mol. The minimum absolute atomic E-state index is 0.0915. The molecule has 0 bridgehead atoms. The maximum absolute atomic E-state index is 13.4. The number of carbonyl (C=O) groups is 5. The van der Waals surface area contributed by atoms with E-state index in [4.69, 9.17) is 10.5 Å². The quantitative estimate of drug-likeness (QED) is 0.162. The number of rotatable bonds is 10. The zero-order valence-electron chi connectivity index (χ0n) is 25.0. The normalized spacial score (nSPS) is 14.1. The van der Waals surface area contributed by atoms with Crippen molar-refractivity contribution in [3.05, 3.63) is 106 Å². The largest absolute Gasteiger partial charge is 0.482 e. The Labute approximate surface area is 273 Å². The minimum Gasteiger partial charge on any atom is -0.482 e. The van der Waals surface area contributed by atoms with Crippen LogP contribution in [-0.2, 0) is 22.6 Å². The van der Waals surface area contributed by atoms with Crippen molar-refractivity contribution in [2.45, 2.75) is 37.9 Å². The van der Waals surface area contributed by atoms with Gasteiger partial charge < -0.3 is 26.0 Å². The van der Waals surface area contributed by atoms with Crippen molar-refractivity contribution in [3.63, 3.8) is 0 Å². The molecule has 13 nitrogen and oxygen atoms in total. The second-order valence-corrected chi connectivity index (χ2v) is 11.9. The minimum atomic E-state index is -0.869. The Morgan fingerprint density at radius 1 is 0.957 bits per heavy atom. The Morgan fingerprint density at radius 3 is 2.36 bits per heavy atom. The summed E-state index contributed by atoms with van der Waals surface area (Å²) in [5.74, 6) is -1.33. The summed E-state index contributed by atoms with van der Waals surface area (Å²) in [5, 5.41) is 7.33. The molecule has 0 unspecified atom stereocenters. The van der Waals surface area contributed by atoms with E-state index < -0.39 is 17.9 Å². The van der Waals surface area contributed by atoms with Gasteiger partial charge in [0, 0.05) is 46.8 Å². The molecule has 47 heavy (non-hydrogen) atoms. The number of hydrogen-bond donors (Lipinski definition) is 5. The zero-order valence-corrected chi connectivity index (χ0v) is 25.8.